The molecule has 2 aliphatic rings. The van der Waals surface area contributed by atoms with Gasteiger partial charge in [0.25, 0.3) is 0 Å². The number of rotatable bonds is 0. The van der Waals surface area contributed by atoms with Crippen molar-refractivity contribution in [2.75, 3.05) is 6.67 Å². The smallest absolute Gasteiger partial charge is 0.202 e. The summed E-state index contributed by atoms with van der Waals surface area (Å²) >= 11 is 0. The lowest BCUT2D eigenvalue weighted by molar-refractivity contribution is 0.274. The summed E-state index contributed by atoms with van der Waals surface area (Å²) in [6.07, 6.45) is 7.10. The van der Waals surface area contributed by atoms with Crippen LogP contribution in [0.2, 0.25) is 0 Å². The number of aliphatic imine (C=N–C) groups is 1. The van der Waals surface area contributed by atoms with Gasteiger partial charge in [0.15, 0.2) is 0 Å². The number of allylic oxidation sites excluding steroid dienone is 1. The zero-order valence-corrected chi connectivity index (χ0v) is 4.82. The van der Waals surface area contributed by atoms with Crippen molar-refractivity contribution in [1.29, 1.82) is 0 Å². The fourth-order valence-corrected chi connectivity index (χ4v) is 0.818. The molecule has 0 aliphatic carbocycles. The number of hydrogen-bond acceptors (Lipinski definition) is 3. The Hall–Kier alpha value is -1.25. The first-order valence-electron chi connectivity index (χ1n) is 2.77. The van der Waals surface area contributed by atoms with Crippen LogP contribution in [-0.4, -0.2) is 17.8 Å². The van der Waals surface area contributed by atoms with Crippen LogP contribution in [0.15, 0.2) is 29.4 Å². The molecule has 0 aromatic carbocycles. The summed E-state index contributed by atoms with van der Waals surface area (Å²) in [5.74, 6) is 0.866. The van der Waals surface area contributed by atoms with Crippen LogP contribution >= 0.6 is 0 Å². The van der Waals surface area contributed by atoms with Gasteiger partial charge < -0.3 is 4.74 Å². The molecule has 0 atom stereocenters. The molecule has 0 aromatic heterocycles. The predicted molar refractivity (Wildman–Crippen MR) is 33.5 cm³/mol. The average molecular weight is 122 g/mol. The van der Waals surface area contributed by atoms with E-state index in [4.69, 9.17) is 4.74 Å². The Morgan fingerprint density at radius 1 is 1.67 bits per heavy atom. The molecule has 0 saturated heterocycles. The molecule has 0 aromatic rings. The molecule has 46 valence electrons. The third-order valence-corrected chi connectivity index (χ3v) is 1.27. The Balaban J connectivity index is 2.29. The molecule has 0 spiro atoms. The topological polar surface area (TPSA) is 24.8 Å². The minimum atomic E-state index is 0.683. The van der Waals surface area contributed by atoms with E-state index in [0.29, 0.717) is 6.67 Å². The second-order valence-electron chi connectivity index (χ2n) is 1.85. The van der Waals surface area contributed by atoms with Crippen molar-refractivity contribution >= 4 is 6.21 Å². The molecule has 0 amide bonds. The quantitative estimate of drug-likeness (QED) is 0.471. The van der Waals surface area contributed by atoms with Crippen LogP contribution < -0.4 is 0 Å². The van der Waals surface area contributed by atoms with Crippen molar-refractivity contribution in [3.05, 3.63) is 24.4 Å². The molecule has 0 radical (unpaired) electrons. The fraction of sp³-hybridized carbons (Fsp3) is 0.167. The van der Waals surface area contributed by atoms with Gasteiger partial charge in [-0.15, -0.1) is 0 Å². The van der Waals surface area contributed by atoms with Crippen molar-refractivity contribution < 1.29 is 4.74 Å². The normalized spacial score (nSPS) is 21.3. The van der Waals surface area contributed by atoms with E-state index in [1.165, 1.54) is 0 Å². The Bertz CT molecular complexity index is 205. The van der Waals surface area contributed by atoms with E-state index in [-0.39, 0.29) is 0 Å². The van der Waals surface area contributed by atoms with Crippen LogP contribution in [0.5, 0.6) is 0 Å². The summed E-state index contributed by atoms with van der Waals surface area (Å²) < 4.78 is 5.07. The molecule has 3 nitrogen and oxygen atoms in total. The molecule has 0 unspecified atom stereocenters. The van der Waals surface area contributed by atoms with Crippen LogP contribution in [0.1, 0.15) is 0 Å². The molecule has 0 bridgehead atoms. The number of fused-ring (bicyclic) bond motifs is 1. The van der Waals surface area contributed by atoms with Crippen molar-refractivity contribution in [3.8, 4) is 0 Å². The molecule has 2 rings (SSSR count). The summed E-state index contributed by atoms with van der Waals surface area (Å²) in [4.78, 5) is 5.94. The zero-order valence-electron chi connectivity index (χ0n) is 4.82. The molecular formula is C6H6N2O. The molecule has 2 aliphatic heterocycles. The lowest BCUT2D eigenvalue weighted by Gasteiger charge is -2.14. The van der Waals surface area contributed by atoms with Gasteiger partial charge in [-0.1, -0.05) is 0 Å². The first-order chi connectivity index (χ1) is 4.47. The van der Waals surface area contributed by atoms with Crippen LogP contribution in [0.25, 0.3) is 0 Å². The highest BCUT2D eigenvalue weighted by Crippen LogP contribution is 2.15. The van der Waals surface area contributed by atoms with E-state index < -0.39 is 0 Å². The summed E-state index contributed by atoms with van der Waals surface area (Å²) in [5.41, 5.74) is 0. The summed E-state index contributed by atoms with van der Waals surface area (Å²) in [6.45, 7) is 0.683. The van der Waals surface area contributed by atoms with Crippen molar-refractivity contribution in [3.63, 3.8) is 0 Å². The molecule has 0 fully saturated rings. The molecular weight excluding hydrogens is 116 g/mol. The lowest BCUT2D eigenvalue weighted by Crippen LogP contribution is -2.16. The zero-order chi connectivity index (χ0) is 6.10. The highest BCUT2D eigenvalue weighted by molar-refractivity contribution is 5.72. The van der Waals surface area contributed by atoms with E-state index in [9.17, 15) is 0 Å². The van der Waals surface area contributed by atoms with Gasteiger partial charge in [-0.05, 0) is 0 Å². The Kier molecular flexibility index (Phi) is 0.828. The second-order valence-corrected chi connectivity index (χ2v) is 1.85. The minimum Gasteiger partial charge on any atom is -0.447 e. The summed E-state index contributed by atoms with van der Waals surface area (Å²) in [6, 6.07) is 0. The van der Waals surface area contributed by atoms with Crippen molar-refractivity contribution in [2.24, 2.45) is 4.99 Å². The second kappa shape index (κ2) is 1.62. The monoisotopic (exact) mass is 122 g/mol. The Morgan fingerprint density at radius 2 is 2.67 bits per heavy atom. The van der Waals surface area contributed by atoms with E-state index in [0.717, 1.165) is 5.88 Å². The fourth-order valence-electron chi connectivity index (χ4n) is 0.818. The van der Waals surface area contributed by atoms with Gasteiger partial charge in [0.05, 0.1) is 0 Å². The average Bonchev–Trinajstić information content (AvgIpc) is 2.33. The summed E-state index contributed by atoms with van der Waals surface area (Å²) in [5, 5.41) is 0. The maximum atomic E-state index is 5.07. The lowest BCUT2D eigenvalue weighted by atomic mass is 10.5. The maximum absolute atomic E-state index is 5.07. The number of nitrogens with zero attached hydrogens (tertiary/aromatic N) is 2. The van der Waals surface area contributed by atoms with E-state index >= 15 is 0 Å². The third kappa shape index (κ3) is 0.614. The minimum absolute atomic E-state index is 0.683. The third-order valence-electron chi connectivity index (χ3n) is 1.27. The highest BCUT2D eigenvalue weighted by atomic mass is 16.5. The van der Waals surface area contributed by atoms with Crippen LogP contribution in [0.3, 0.4) is 0 Å². The van der Waals surface area contributed by atoms with Gasteiger partial charge in [-0.25, -0.2) is 0 Å². The SMILES string of the molecule is C1=CN2CN=CC=C2O1. The van der Waals surface area contributed by atoms with E-state index in [2.05, 4.69) is 4.99 Å². The van der Waals surface area contributed by atoms with Gasteiger partial charge in [-0.2, -0.15) is 0 Å². The van der Waals surface area contributed by atoms with Gasteiger partial charge in [0.2, 0.25) is 5.88 Å². The van der Waals surface area contributed by atoms with Gasteiger partial charge >= 0.3 is 0 Å². The van der Waals surface area contributed by atoms with Crippen LogP contribution in [0, 0.1) is 0 Å². The van der Waals surface area contributed by atoms with Gasteiger partial charge in [-0.3, -0.25) is 9.89 Å². The molecule has 3 heteroatoms. The Morgan fingerprint density at radius 3 is 3.56 bits per heavy atom. The molecule has 0 saturated carbocycles. The summed E-state index contributed by atoms with van der Waals surface area (Å²) in [7, 11) is 0. The maximum Gasteiger partial charge on any atom is 0.202 e. The molecule has 2 heterocycles. The first kappa shape index (κ1) is 4.61. The standard InChI is InChI=1S/C6H6N2O/c1-2-7-5-8-3-4-9-6(1)8/h1-4H,5H2. The van der Waals surface area contributed by atoms with Crippen molar-refractivity contribution in [2.45, 2.75) is 0 Å². The largest absolute Gasteiger partial charge is 0.447 e. The molecule has 0 N–H and O–H groups in total. The van der Waals surface area contributed by atoms with Crippen LogP contribution in [-0.2, 0) is 4.74 Å². The number of hydrogen-bond donors (Lipinski definition) is 0. The van der Waals surface area contributed by atoms with E-state index in [1.54, 1.807) is 12.5 Å². The van der Waals surface area contributed by atoms with Crippen LogP contribution in [0.4, 0.5) is 0 Å². The van der Waals surface area contributed by atoms with Gasteiger partial charge in [0, 0.05) is 18.5 Å². The van der Waals surface area contributed by atoms with Gasteiger partial charge in [0.1, 0.15) is 12.9 Å². The predicted octanol–water partition coefficient (Wildman–Crippen LogP) is 0.673. The highest BCUT2D eigenvalue weighted by Gasteiger charge is 2.12. The molecule has 9 heavy (non-hydrogen) atoms. The Labute approximate surface area is 52.9 Å². The van der Waals surface area contributed by atoms with Crippen molar-refractivity contribution in [1.82, 2.24) is 4.90 Å². The number of ether oxygens (including phenoxy) is 1. The first-order valence-corrected chi connectivity index (χ1v) is 2.77. The van der Waals surface area contributed by atoms with E-state index in [1.807, 2.05) is 17.2 Å².